The third-order valence-corrected chi connectivity index (χ3v) is 5.18. The van der Waals surface area contributed by atoms with Crippen molar-refractivity contribution >= 4 is 0 Å². The number of nitrogens with zero attached hydrogens (tertiary/aromatic N) is 2. The summed E-state index contributed by atoms with van der Waals surface area (Å²) in [4.78, 5) is 4.92. The third kappa shape index (κ3) is 4.95. The molecule has 4 nitrogen and oxygen atoms in total. The van der Waals surface area contributed by atoms with E-state index in [-0.39, 0.29) is 0 Å². The molecule has 0 saturated carbocycles. The highest BCUT2D eigenvalue weighted by Crippen LogP contribution is 2.24. The van der Waals surface area contributed by atoms with E-state index < -0.39 is 0 Å². The van der Waals surface area contributed by atoms with Crippen LogP contribution in [0.1, 0.15) is 43.2 Å². The highest BCUT2D eigenvalue weighted by atomic mass is 16.5. The van der Waals surface area contributed by atoms with E-state index in [0.717, 1.165) is 32.0 Å². The number of likely N-dealkylation sites (N-methyl/N-ethyl adjacent to an activating group) is 1. The molecule has 2 heterocycles. The molecule has 0 aromatic heterocycles. The lowest BCUT2D eigenvalue weighted by Gasteiger charge is -2.27. The molecule has 0 aliphatic carbocycles. The number of hydrogen-bond acceptors (Lipinski definition) is 4. The summed E-state index contributed by atoms with van der Waals surface area (Å²) in [7, 11) is 3.97. The topological polar surface area (TPSA) is 24.9 Å². The first kappa shape index (κ1) is 17.7. The van der Waals surface area contributed by atoms with E-state index >= 15 is 0 Å². The molecule has 24 heavy (non-hydrogen) atoms. The first-order valence-electron chi connectivity index (χ1n) is 9.43. The normalized spacial score (nSPS) is 22.2. The first-order chi connectivity index (χ1) is 11.7. The van der Waals surface area contributed by atoms with E-state index in [0.29, 0.717) is 6.10 Å². The van der Waals surface area contributed by atoms with Crippen molar-refractivity contribution in [3.63, 3.8) is 0 Å². The number of hydrogen-bond donors (Lipinski definition) is 0. The lowest BCUT2D eigenvalue weighted by molar-refractivity contribution is -0.00259. The Morgan fingerprint density at radius 3 is 2.75 bits per heavy atom. The van der Waals surface area contributed by atoms with Crippen molar-refractivity contribution in [1.29, 1.82) is 0 Å². The maximum atomic E-state index is 5.87. The highest BCUT2D eigenvalue weighted by molar-refractivity contribution is 5.37. The average Bonchev–Trinajstić information content (AvgIpc) is 3.09. The minimum absolute atomic E-state index is 0.408. The fourth-order valence-corrected chi connectivity index (χ4v) is 3.91. The van der Waals surface area contributed by atoms with Gasteiger partial charge in [0, 0.05) is 31.8 Å². The molecule has 2 fully saturated rings. The van der Waals surface area contributed by atoms with Gasteiger partial charge in [-0.25, -0.2) is 0 Å². The van der Waals surface area contributed by atoms with Crippen molar-refractivity contribution in [2.45, 2.75) is 51.3 Å². The molecule has 1 aromatic carbocycles. The third-order valence-electron chi connectivity index (χ3n) is 5.18. The zero-order valence-electron chi connectivity index (χ0n) is 15.3. The summed E-state index contributed by atoms with van der Waals surface area (Å²) >= 11 is 0. The van der Waals surface area contributed by atoms with Gasteiger partial charge in [0.1, 0.15) is 5.75 Å². The van der Waals surface area contributed by atoms with Crippen LogP contribution in [0.4, 0.5) is 0 Å². The Morgan fingerprint density at radius 2 is 2.04 bits per heavy atom. The van der Waals surface area contributed by atoms with Crippen LogP contribution >= 0.6 is 0 Å². The summed E-state index contributed by atoms with van der Waals surface area (Å²) in [6, 6.07) is 6.66. The Morgan fingerprint density at radius 1 is 1.21 bits per heavy atom. The Kier molecular flexibility index (Phi) is 6.52. The summed E-state index contributed by atoms with van der Waals surface area (Å²) in [5.41, 5.74) is 2.68. The molecule has 2 aliphatic heterocycles. The Bertz CT molecular complexity index is 508. The van der Waals surface area contributed by atoms with Gasteiger partial charge < -0.3 is 9.47 Å². The van der Waals surface area contributed by atoms with Crippen LogP contribution in [0.2, 0.25) is 0 Å². The van der Waals surface area contributed by atoms with Crippen LogP contribution in [-0.4, -0.2) is 56.3 Å². The molecule has 2 saturated heterocycles. The van der Waals surface area contributed by atoms with Gasteiger partial charge in [0.15, 0.2) is 0 Å². The molecule has 1 atom stereocenters. The molecular formula is C20H32N2O2. The second-order valence-electron chi connectivity index (χ2n) is 7.31. The van der Waals surface area contributed by atoms with E-state index in [4.69, 9.17) is 9.47 Å². The molecule has 134 valence electrons. The van der Waals surface area contributed by atoms with Gasteiger partial charge in [0.25, 0.3) is 0 Å². The summed E-state index contributed by atoms with van der Waals surface area (Å²) in [5, 5.41) is 0. The van der Waals surface area contributed by atoms with Gasteiger partial charge in [-0.2, -0.15) is 0 Å². The van der Waals surface area contributed by atoms with Crippen LogP contribution in [0.25, 0.3) is 0 Å². The zero-order chi connectivity index (χ0) is 16.8. The fourth-order valence-electron chi connectivity index (χ4n) is 3.91. The molecule has 1 aromatic rings. The van der Waals surface area contributed by atoms with Gasteiger partial charge in [-0.05, 0) is 69.9 Å². The van der Waals surface area contributed by atoms with Crippen LogP contribution < -0.4 is 4.74 Å². The molecular weight excluding hydrogens is 300 g/mol. The monoisotopic (exact) mass is 332 g/mol. The lowest BCUT2D eigenvalue weighted by Crippen LogP contribution is -2.33. The van der Waals surface area contributed by atoms with Crippen molar-refractivity contribution in [2.75, 3.05) is 40.4 Å². The number of benzene rings is 1. The van der Waals surface area contributed by atoms with Crippen molar-refractivity contribution in [2.24, 2.45) is 0 Å². The Labute approximate surface area is 146 Å². The second kappa shape index (κ2) is 8.84. The predicted molar refractivity (Wildman–Crippen MR) is 97.4 cm³/mol. The van der Waals surface area contributed by atoms with Gasteiger partial charge in [0.05, 0.1) is 13.2 Å². The van der Waals surface area contributed by atoms with Crippen molar-refractivity contribution in [3.8, 4) is 5.75 Å². The van der Waals surface area contributed by atoms with Gasteiger partial charge in [-0.1, -0.05) is 6.07 Å². The van der Waals surface area contributed by atoms with Gasteiger partial charge in [-0.15, -0.1) is 0 Å². The molecule has 2 aliphatic rings. The number of ether oxygens (including phenoxy) is 2. The maximum Gasteiger partial charge on any atom is 0.123 e. The molecule has 4 heteroatoms. The SMILES string of the molecule is COc1ccc(CN(C)C[C@H]2CCCCO2)cc1CN1CCCC1. The largest absolute Gasteiger partial charge is 0.496 e. The zero-order valence-corrected chi connectivity index (χ0v) is 15.3. The van der Waals surface area contributed by atoms with Gasteiger partial charge in [-0.3, -0.25) is 9.80 Å². The summed E-state index contributed by atoms with van der Waals surface area (Å²) < 4.78 is 11.4. The van der Waals surface area contributed by atoms with Crippen molar-refractivity contribution in [3.05, 3.63) is 29.3 Å². The predicted octanol–water partition coefficient (Wildman–Crippen LogP) is 3.29. The standard InChI is InChI=1S/C20H32N2O2/c1-21(16-19-7-3-6-12-24-19)14-17-8-9-20(23-2)18(13-17)15-22-10-4-5-11-22/h8-9,13,19H,3-7,10-12,14-16H2,1-2H3/t19-/m1/s1. The first-order valence-corrected chi connectivity index (χ1v) is 9.43. The molecule has 3 rings (SSSR count). The van der Waals surface area contributed by atoms with Crippen LogP contribution in [0, 0.1) is 0 Å². The molecule has 0 N–H and O–H groups in total. The molecule has 0 unspecified atom stereocenters. The van der Waals surface area contributed by atoms with Gasteiger partial charge >= 0.3 is 0 Å². The van der Waals surface area contributed by atoms with Crippen LogP contribution in [0.3, 0.4) is 0 Å². The maximum absolute atomic E-state index is 5.87. The van der Waals surface area contributed by atoms with Crippen LogP contribution in [0.15, 0.2) is 18.2 Å². The summed E-state index contributed by atoms with van der Waals surface area (Å²) in [5.74, 6) is 1.02. The smallest absolute Gasteiger partial charge is 0.123 e. The van der Waals surface area contributed by atoms with Crippen molar-refractivity contribution < 1.29 is 9.47 Å². The Hall–Kier alpha value is -1.10. The van der Waals surface area contributed by atoms with Crippen LogP contribution in [-0.2, 0) is 17.8 Å². The average molecular weight is 332 g/mol. The molecule has 0 bridgehead atoms. The summed E-state index contributed by atoms with van der Waals surface area (Å²) in [6.45, 7) is 6.36. The fraction of sp³-hybridized carbons (Fsp3) is 0.700. The second-order valence-corrected chi connectivity index (χ2v) is 7.31. The van der Waals surface area contributed by atoms with E-state index in [1.807, 2.05) is 0 Å². The highest BCUT2D eigenvalue weighted by Gasteiger charge is 2.17. The van der Waals surface area contributed by atoms with Crippen molar-refractivity contribution in [1.82, 2.24) is 9.80 Å². The molecule has 0 spiro atoms. The van der Waals surface area contributed by atoms with E-state index in [9.17, 15) is 0 Å². The van der Waals surface area contributed by atoms with Gasteiger partial charge in [0.2, 0.25) is 0 Å². The summed E-state index contributed by atoms with van der Waals surface area (Å²) in [6.07, 6.45) is 6.79. The van der Waals surface area contributed by atoms with E-state index in [2.05, 4.69) is 35.0 Å². The van der Waals surface area contributed by atoms with E-state index in [1.165, 1.54) is 56.3 Å². The Balaban J connectivity index is 1.59. The minimum Gasteiger partial charge on any atom is -0.496 e. The molecule has 0 radical (unpaired) electrons. The number of methoxy groups -OCH3 is 1. The minimum atomic E-state index is 0.408. The van der Waals surface area contributed by atoms with Crippen LogP contribution in [0.5, 0.6) is 5.75 Å². The number of rotatable bonds is 7. The lowest BCUT2D eigenvalue weighted by atomic mass is 10.1. The quantitative estimate of drug-likeness (QED) is 0.765. The van der Waals surface area contributed by atoms with E-state index in [1.54, 1.807) is 7.11 Å². The molecule has 0 amide bonds. The number of likely N-dealkylation sites (tertiary alicyclic amines) is 1.